The highest BCUT2D eigenvalue weighted by molar-refractivity contribution is 5.68. The van der Waals surface area contributed by atoms with Gasteiger partial charge in [0.05, 0.1) is 6.33 Å². The molecule has 1 aliphatic rings. The second-order valence-corrected chi connectivity index (χ2v) is 7.39. The number of hydrogen-bond donors (Lipinski definition) is 0. The van der Waals surface area contributed by atoms with Gasteiger partial charge in [-0.2, -0.15) is 4.98 Å². The minimum atomic E-state index is -0.188. The van der Waals surface area contributed by atoms with Crippen molar-refractivity contribution >= 4 is 11.2 Å². The van der Waals surface area contributed by atoms with Crippen molar-refractivity contribution in [1.29, 1.82) is 0 Å². The molecule has 0 aliphatic heterocycles. The summed E-state index contributed by atoms with van der Waals surface area (Å²) in [6.45, 7) is 0.181. The first-order valence-electron chi connectivity index (χ1n) is 9.38. The van der Waals surface area contributed by atoms with Crippen LogP contribution in [0.5, 0.6) is 0 Å². The Hall–Kier alpha value is -3.73. The number of terminal acetylenes is 1. The Balaban J connectivity index is 1.30. The second-order valence-electron chi connectivity index (χ2n) is 7.39. The fourth-order valence-corrected chi connectivity index (χ4v) is 3.81. The molecule has 8 nitrogen and oxygen atoms in total. The summed E-state index contributed by atoms with van der Waals surface area (Å²) in [6.07, 6.45) is 10.4. The van der Waals surface area contributed by atoms with Gasteiger partial charge in [0.15, 0.2) is 17.0 Å². The van der Waals surface area contributed by atoms with E-state index in [9.17, 15) is 4.79 Å². The number of fused-ring (bicyclic) bond motifs is 1. The third kappa shape index (κ3) is 3.01. The first kappa shape index (κ1) is 17.4. The van der Waals surface area contributed by atoms with E-state index in [-0.39, 0.29) is 18.0 Å². The van der Waals surface area contributed by atoms with Crippen LogP contribution in [0, 0.1) is 12.3 Å². The van der Waals surface area contributed by atoms with E-state index in [4.69, 9.17) is 10.9 Å². The number of hydrogen-bond acceptors (Lipinski definition) is 6. The Kier molecular flexibility index (Phi) is 4.02. The molecular formula is C21H18N6O2. The highest BCUT2D eigenvalue weighted by atomic mass is 16.5. The molecule has 0 radical (unpaired) electrons. The third-order valence-corrected chi connectivity index (χ3v) is 5.52. The number of rotatable bonds is 4. The Bertz CT molecular complexity index is 1300. The number of benzene rings is 1. The van der Waals surface area contributed by atoms with Crippen LogP contribution in [0.3, 0.4) is 0 Å². The smallest absolute Gasteiger partial charge is 0.280 e. The molecule has 144 valence electrons. The summed E-state index contributed by atoms with van der Waals surface area (Å²) in [5.74, 6) is 4.46. The lowest BCUT2D eigenvalue weighted by Gasteiger charge is -2.33. The molecule has 0 unspecified atom stereocenters. The minimum absolute atomic E-state index is 0.181. The van der Waals surface area contributed by atoms with Gasteiger partial charge in [-0.15, -0.1) is 6.42 Å². The number of aromatic nitrogens is 6. The Morgan fingerprint density at radius 2 is 2.07 bits per heavy atom. The molecule has 5 rings (SSSR count). The maximum atomic E-state index is 12.6. The molecule has 0 spiro atoms. The Morgan fingerprint density at radius 3 is 2.90 bits per heavy atom. The fourth-order valence-electron chi connectivity index (χ4n) is 3.81. The zero-order valence-corrected chi connectivity index (χ0v) is 15.8. The zero-order valence-electron chi connectivity index (χ0n) is 15.8. The molecule has 0 saturated heterocycles. The van der Waals surface area contributed by atoms with Gasteiger partial charge in [0.1, 0.15) is 12.9 Å². The van der Waals surface area contributed by atoms with E-state index in [0.717, 1.165) is 18.4 Å². The SMILES string of the molecule is C#Cc1cccc(C2CC(c3noc(Cn4cnc5ncn(C)c5c4=O)n3)C2)c1. The Morgan fingerprint density at radius 1 is 1.24 bits per heavy atom. The van der Waals surface area contributed by atoms with E-state index < -0.39 is 0 Å². The first-order chi connectivity index (χ1) is 14.1. The van der Waals surface area contributed by atoms with E-state index in [1.54, 1.807) is 17.9 Å². The Labute approximate surface area is 166 Å². The van der Waals surface area contributed by atoms with Crippen molar-refractivity contribution in [2.75, 3.05) is 0 Å². The maximum Gasteiger partial charge on any atom is 0.280 e. The molecule has 0 bridgehead atoms. The predicted molar refractivity (Wildman–Crippen MR) is 105 cm³/mol. The first-order valence-corrected chi connectivity index (χ1v) is 9.38. The van der Waals surface area contributed by atoms with Crippen molar-refractivity contribution in [2.24, 2.45) is 7.05 Å². The topological polar surface area (TPSA) is 91.6 Å². The average Bonchev–Trinajstić information content (AvgIpc) is 3.30. The van der Waals surface area contributed by atoms with E-state index in [1.165, 1.54) is 16.5 Å². The molecule has 1 aliphatic carbocycles. The van der Waals surface area contributed by atoms with Crippen molar-refractivity contribution < 1.29 is 4.52 Å². The van der Waals surface area contributed by atoms with E-state index in [0.29, 0.717) is 28.8 Å². The van der Waals surface area contributed by atoms with Gasteiger partial charge >= 0.3 is 0 Å². The molecule has 4 aromatic rings. The molecule has 3 aromatic heterocycles. The van der Waals surface area contributed by atoms with Gasteiger partial charge < -0.3 is 9.09 Å². The second kappa shape index (κ2) is 6.71. The largest absolute Gasteiger partial charge is 0.337 e. The normalized spacial score (nSPS) is 18.5. The average molecular weight is 386 g/mol. The van der Waals surface area contributed by atoms with Crippen LogP contribution < -0.4 is 5.56 Å². The minimum Gasteiger partial charge on any atom is -0.337 e. The van der Waals surface area contributed by atoms with E-state index in [1.807, 2.05) is 12.1 Å². The van der Waals surface area contributed by atoms with E-state index in [2.05, 4.69) is 38.2 Å². The van der Waals surface area contributed by atoms with Crippen molar-refractivity contribution in [1.82, 2.24) is 29.2 Å². The molecule has 0 atom stereocenters. The summed E-state index contributed by atoms with van der Waals surface area (Å²) < 4.78 is 8.50. The molecule has 0 amide bonds. The lowest BCUT2D eigenvalue weighted by atomic mass is 9.71. The summed E-state index contributed by atoms with van der Waals surface area (Å²) in [6, 6.07) is 8.11. The lowest BCUT2D eigenvalue weighted by molar-refractivity contribution is 0.315. The van der Waals surface area contributed by atoms with E-state index >= 15 is 0 Å². The van der Waals surface area contributed by atoms with Crippen LogP contribution in [0.1, 0.15) is 47.5 Å². The highest BCUT2D eigenvalue weighted by Crippen LogP contribution is 2.46. The van der Waals surface area contributed by atoms with Crippen LogP contribution in [-0.2, 0) is 13.6 Å². The summed E-state index contributed by atoms with van der Waals surface area (Å²) in [5, 5.41) is 4.12. The molecule has 0 N–H and O–H groups in total. The third-order valence-electron chi connectivity index (χ3n) is 5.52. The molecular weight excluding hydrogens is 368 g/mol. The van der Waals surface area contributed by atoms with Gasteiger partial charge in [-0.05, 0) is 36.5 Å². The maximum absolute atomic E-state index is 12.6. The fraction of sp³-hybridized carbons (Fsp3) is 0.286. The molecule has 8 heteroatoms. The van der Waals surface area contributed by atoms with Crippen LogP contribution in [0.15, 0.2) is 46.2 Å². The zero-order chi connectivity index (χ0) is 20.0. The van der Waals surface area contributed by atoms with Crippen LogP contribution in [0.4, 0.5) is 0 Å². The molecule has 29 heavy (non-hydrogen) atoms. The van der Waals surface area contributed by atoms with Crippen molar-refractivity contribution in [3.05, 3.63) is 70.1 Å². The van der Waals surface area contributed by atoms with Crippen LogP contribution in [0.25, 0.3) is 11.2 Å². The van der Waals surface area contributed by atoms with Crippen LogP contribution in [-0.4, -0.2) is 29.2 Å². The van der Waals surface area contributed by atoms with Gasteiger partial charge in [0.2, 0.25) is 5.89 Å². The number of aryl methyl sites for hydroxylation is 1. The van der Waals surface area contributed by atoms with Crippen LogP contribution in [0.2, 0.25) is 0 Å². The predicted octanol–water partition coefficient (Wildman–Crippen LogP) is 2.20. The van der Waals surface area contributed by atoms with Gasteiger partial charge in [0.25, 0.3) is 5.56 Å². The summed E-state index contributed by atoms with van der Waals surface area (Å²) >= 11 is 0. The summed E-state index contributed by atoms with van der Waals surface area (Å²) in [4.78, 5) is 25.4. The lowest BCUT2D eigenvalue weighted by Crippen LogP contribution is -2.23. The van der Waals surface area contributed by atoms with Gasteiger partial charge in [-0.1, -0.05) is 23.2 Å². The summed E-state index contributed by atoms with van der Waals surface area (Å²) in [7, 11) is 1.76. The molecule has 3 heterocycles. The quantitative estimate of drug-likeness (QED) is 0.500. The molecule has 1 saturated carbocycles. The molecule has 1 fully saturated rings. The van der Waals surface area contributed by atoms with Crippen molar-refractivity contribution in [3.8, 4) is 12.3 Å². The number of imidazole rings is 1. The number of nitrogens with zero attached hydrogens (tertiary/aromatic N) is 6. The van der Waals surface area contributed by atoms with Gasteiger partial charge in [-0.3, -0.25) is 9.36 Å². The highest BCUT2D eigenvalue weighted by Gasteiger charge is 2.34. The standard InChI is InChI=1S/C21H18N6O2/c1-3-13-5-4-6-14(7-13)15-8-16(9-15)19-24-17(29-25-19)10-27-12-23-20-18(21(27)28)26(2)11-22-20/h1,4-7,11-12,15-16H,8-10H2,2H3. The van der Waals surface area contributed by atoms with Crippen molar-refractivity contribution in [3.63, 3.8) is 0 Å². The summed E-state index contributed by atoms with van der Waals surface area (Å²) in [5.41, 5.74) is 2.84. The molecule has 1 aromatic carbocycles. The van der Waals surface area contributed by atoms with Crippen LogP contribution >= 0.6 is 0 Å². The van der Waals surface area contributed by atoms with Gasteiger partial charge in [-0.25, -0.2) is 9.97 Å². The van der Waals surface area contributed by atoms with Crippen molar-refractivity contribution in [2.45, 2.75) is 31.2 Å². The van der Waals surface area contributed by atoms with Gasteiger partial charge in [0, 0.05) is 18.5 Å². The monoisotopic (exact) mass is 386 g/mol.